The Bertz CT molecular complexity index is 1290. The molecule has 0 saturated heterocycles. The van der Waals surface area contributed by atoms with Crippen LogP contribution in [0.4, 0.5) is 30.6 Å². The number of halogens is 1. The molecule has 0 aliphatic rings. The van der Waals surface area contributed by atoms with E-state index in [9.17, 15) is 39.4 Å². The Morgan fingerprint density at radius 3 is 1.36 bits per heavy atom. The maximum absolute atomic E-state index is 11.3. The average molecular weight is 659 g/mol. The van der Waals surface area contributed by atoms with Crippen LogP contribution in [0.15, 0.2) is 48.5 Å². The molecular weight excluding hydrogens is 624 g/mol. The molecule has 0 aliphatic carbocycles. The molecule has 248 valence electrons. The topological polar surface area (TPSA) is 254 Å². The Morgan fingerprint density at radius 2 is 1.04 bits per heavy atom. The maximum atomic E-state index is 11.3. The normalized spacial score (nSPS) is 10.2. The smallest absolute Gasteiger partial charge is 0.426 e. The van der Waals surface area contributed by atoms with Gasteiger partial charge in [-0.25, -0.2) is 35.9 Å². The van der Waals surface area contributed by atoms with Crippen molar-refractivity contribution in [3.63, 3.8) is 0 Å². The molecule has 0 saturated carbocycles. The van der Waals surface area contributed by atoms with Gasteiger partial charge in [-0.1, -0.05) is 0 Å². The van der Waals surface area contributed by atoms with Crippen LogP contribution in [0.2, 0.25) is 0 Å². The summed E-state index contributed by atoms with van der Waals surface area (Å²) in [5.41, 5.74) is 4.99. The third-order valence-corrected chi connectivity index (χ3v) is 4.31. The summed E-state index contributed by atoms with van der Waals surface area (Å²) < 4.78 is 18.9. The number of amides is 3. The zero-order valence-electron chi connectivity index (χ0n) is 25.3. The second-order valence-electron chi connectivity index (χ2n) is 10.3. The minimum absolute atomic E-state index is 0.00838. The quantitative estimate of drug-likeness (QED) is 0.0786. The van der Waals surface area contributed by atoms with E-state index in [1.807, 2.05) is 16.3 Å². The van der Waals surface area contributed by atoms with Gasteiger partial charge in [0.2, 0.25) is 0 Å². The Labute approximate surface area is 262 Å². The highest BCUT2D eigenvalue weighted by atomic mass is 35.5. The molecule has 0 radical (unpaired) electrons. The van der Waals surface area contributed by atoms with E-state index in [0.717, 1.165) is 0 Å². The first-order valence-corrected chi connectivity index (χ1v) is 13.0. The van der Waals surface area contributed by atoms with Gasteiger partial charge < -0.3 is 18.9 Å². The van der Waals surface area contributed by atoms with Gasteiger partial charge >= 0.3 is 23.7 Å². The summed E-state index contributed by atoms with van der Waals surface area (Å²) in [6, 6.07) is 11.2. The lowest BCUT2D eigenvalue weighted by Gasteiger charge is -2.19. The van der Waals surface area contributed by atoms with Gasteiger partial charge in [0.25, 0.3) is 11.4 Å². The Morgan fingerprint density at radius 1 is 0.689 bits per heavy atom. The lowest BCUT2D eigenvalue weighted by atomic mass is 10.2. The summed E-state index contributed by atoms with van der Waals surface area (Å²) in [6.07, 6.45) is -2.31. The van der Waals surface area contributed by atoms with Crippen LogP contribution in [0, 0.1) is 20.2 Å². The highest BCUT2D eigenvalue weighted by Crippen LogP contribution is 2.14. The molecule has 5 N–H and O–H groups in total. The van der Waals surface area contributed by atoms with Crippen LogP contribution in [0.25, 0.3) is 0 Å². The first kappa shape index (κ1) is 39.8. The van der Waals surface area contributed by atoms with Gasteiger partial charge in [0.05, 0.1) is 9.85 Å². The number of carbonyl (C=O) groups is 4. The lowest BCUT2D eigenvalue weighted by molar-refractivity contribution is -0.385. The van der Waals surface area contributed by atoms with Crippen molar-refractivity contribution >= 4 is 46.7 Å². The minimum atomic E-state index is -0.900. The Balaban J connectivity index is 0.000000717. The van der Waals surface area contributed by atoms with E-state index in [-0.39, 0.29) is 24.6 Å². The van der Waals surface area contributed by atoms with Gasteiger partial charge in [-0.2, -0.15) is 0 Å². The molecule has 0 atom stereocenters. The second kappa shape index (κ2) is 19.1. The molecule has 45 heavy (non-hydrogen) atoms. The summed E-state index contributed by atoms with van der Waals surface area (Å²) in [5, 5.41) is 20.8. The number of nitro benzene ring substituents is 2. The highest BCUT2D eigenvalue weighted by molar-refractivity contribution is 6.61. The molecule has 19 heteroatoms. The molecule has 0 heterocycles. The maximum Gasteiger partial charge on any atom is 0.426 e. The van der Waals surface area contributed by atoms with Gasteiger partial charge in [-0.3, -0.25) is 25.7 Å². The summed E-state index contributed by atoms with van der Waals surface area (Å²) in [5.74, 6) is 4.75. The number of rotatable bonds is 6. The number of hydrazine groups is 2. The Kier molecular flexibility index (Phi) is 16.9. The molecule has 0 aromatic heterocycles. The molecule has 2 aromatic carbocycles. The summed E-state index contributed by atoms with van der Waals surface area (Å²) >= 11 is 4.94. The predicted molar refractivity (Wildman–Crippen MR) is 158 cm³/mol. The van der Waals surface area contributed by atoms with Crippen molar-refractivity contribution in [3.8, 4) is 0 Å². The van der Waals surface area contributed by atoms with E-state index in [2.05, 4.69) is 4.74 Å². The SMILES string of the molecule is CC(C)(C)OC(=O)NN.CC(C)(C)OC(=O)NNC(=O)OCc1ccc([N+](=O)[O-])cc1.O=C(Cl)OCc1ccc([N+](=O)[O-])cc1. The van der Waals surface area contributed by atoms with E-state index in [4.69, 9.17) is 31.7 Å². The van der Waals surface area contributed by atoms with Crippen LogP contribution >= 0.6 is 11.6 Å². The van der Waals surface area contributed by atoms with Gasteiger partial charge in [-0.05, 0) is 76.9 Å². The van der Waals surface area contributed by atoms with Crippen LogP contribution in [0.1, 0.15) is 52.7 Å². The summed E-state index contributed by atoms with van der Waals surface area (Å²) in [6.45, 7) is 10.3. The molecule has 2 rings (SSSR count). The fourth-order valence-corrected chi connectivity index (χ4v) is 2.52. The molecular formula is C26H35ClN6O12. The molecule has 0 fully saturated rings. The number of nitrogens with one attached hydrogen (secondary N) is 3. The van der Waals surface area contributed by atoms with E-state index in [0.29, 0.717) is 11.1 Å². The molecule has 18 nitrogen and oxygen atoms in total. The third-order valence-electron chi connectivity index (χ3n) is 4.20. The van der Waals surface area contributed by atoms with E-state index in [1.165, 1.54) is 48.5 Å². The van der Waals surface area contributed by atoms with Gasteiger partial charge in [0.15, 0.2) is 0 Å². The highest BCUT2D eigenvalue weighted by Gasteiger charge is 2.17. The number of benzene rings is 2. The predicted octanol–water partition coefficient (Wildman–Crippen LogP) is 5.12. The van der Waals surface area contributed by atoms with Crippen LogP contribution in [-0.4, -0.2) is 44.8 Å². The zero-order chi connectivity index (χ0) is 34.8. The number of carbonyl (C=O) groups excluding carboxylic acids is 4. The lowest BCUT2D eigenvalue weighted by Crippen LogP contribution is -2.44. The standard InChI is InChI=1S/C13H17N3O6.C8H6ClNO4.C5H12N2O2/c1-13(2,3)22-12(18)15-14-11(17)21-8-9-4-6-10(7-5-9)16(19)20;9-8(11)14-5-6-1-3-7(4-2-6)10(12)13;1-5(2,3)9-4(8)7-6/h4-7H,8H2,1-3H3,(H,14,17)(H,15,18);1-4H,5H2;6H2,1-3H3,(H,7,8). The van der Waals surface area contributed by atoms with Crippen molar-refractivity contribution in [3.05, 3.63) is 79.9 Å². The van der Waals surface area contributed by atoms with E-state index in [1.54, 1.807) is 41.5 Å². The first-order valence-electron chi connectivity index (χ1n) is 12.6. The van der Waals surface area contributed by atoms with Crippen molar-refractivity contribution in [2.75, 3.05) is 0 Å². The van der Waals surface area contributed by atoms with Crippen LogP contribution < -0.4 is 22.1 Å². The number of nitrogens with zero attached hydrogens (tertiary/aromatic N) is 2. The molecule has 3 amide bonds. The van der Waals surface area contributed by atoms with Crippen LogP contribution in [-0.2, 0) is 32.2 Å². The first-order chi connectivity index (χ1) is 20.7. The fourth-order valence-electron chi connectivity index (χ4n) is 2.47. The number of non-ortho nitro benzene ring substituents is 2. The largest absolute Gasteiger partial charge is 0.449 e. The number of nitro groups is 2. The monoisotopic (exact) mass is 658 g/mol. The third kappa shape index (κ3) is 21.2. The molecule has 0 bridgehead atoms. The molecule has 0 unspecified atom stereocenters. The number of ether oxygens (including phenoxy) is 4. The second-order valence-corrected chi connectivity index (χ2v) is 10.7. The summed E-state index contributed by atoms with van der Waals surface area (Å²) in [7, 11) is 0. The molecule has 0 spiro atoms. The molecule has 0 aliphatic heterocycles. The van der Waals surface area contributed by atoms with Crippen LogP contribution in [0.3, 0.4) is 0 Å². The Hall–Kier alpha value is -5.23. The average Bonchev–Trinajstić information content (AvgIpc) is 2.93. The van der Waals surface area contributed by atoms with Crippen molar-refractivity contribution < 1.29 is 48.0 Å². The zero-order valence-corrected chi connectivity index (χ0v) is 26.0. The molecule has 2 aromatic rings. The van der Waals surface area contributed by atoms with Gasteiger partial charge in [-0.15, -0.1) is 0 Å². The fraction of sp³-hybridized carbons (Fsp3) is 0.385. The minimum Gasteiger partial charge on any atom is -0.449 e. The van der Waals surface area contributed by atoms with Crippen LogP contribution in [0.5, 0.6) is 0 Å². The van der Waals surface area contributed by atoms with E-state index < -0.39 is 44.8 Å². The van der Waals surface area contributed by atoms with Crippen molar-refractivity contribution in [1.82, 2.24) is 16.3 Å². The number of nitrogens with two attached hydrogens (primary N) is 1. The number of hydrogen-bond acceptors (Lipinski definition) is 13. The number of hydrogen-bond donors (Lipinski definition) is 4. The van der Waals surface area contributed by atoms with Crippen molar-refractivity contribution in [1.29, 1.82) is 0 Å². The van der Waals surface area contributed by atoms with E-state index >= 15 is 0 Å². The van der Waals surface area contributed by atoms with Crippen molar-refractivity contribution in [2.24, 2.45) is 5.84 Å². The summed E-state index contributed by atoms with van der Waals surface area (Å²) in [4.78, 5) is 63.0. The van der Waals surface area contributed by atoms with Gasteiger partial charge in [0, 0.05) is 35.9 Å². The van der Waals surface area contributed by atoms with Gasteiger partial charge in [0.1, 0.15) is 24.4 Å². The van der Waals surface area contributed by atoms with Crippen molar-refractivity contribution in [2.45, 2.75) is 66.0 Å².